The average Bonchev–Trinajstić information content (AvgIpc) is 3.07. The van der Waals surface area contributed by atoms with E-state index in [1.165, 1.54) is 5.56 Å². The molecule has 0 saturated heterocycles. The van der Waals surface area contributed by atoms with Crippen molar-refractivity contribution in [3.05, 3.63) is 59.4 Å². The number of hydrogen-bond donors (Lipinski definition) is 0. The molecule has 3 rings (SSSR count). The van der Waals surface area contributed by atoms with Crippen LogP contribution in [0.4, 0.5) is 0 Å². The van der Waals surface area contributed by atoms with E-state index in [-0.39, 0.29) is 17.5 Å². The molecule has 2 aromatic heterocycles. The van der Waals surface area contributed by atoms with Crippen molar-refractivity contribution in [2.24, 2.45) is 7.05 Å². The first-order chi connectivity index (χ1) is 12.2. The fourth-order valence-electron chi connectivity index (χ4n) is 3.18. The number of aryl methyl sites for hydroxylation is 1. The van der Waals surface area contributed by atoms with Crippen LogP contribution in [-0.2, 0) is 23.7 Å². The van der Waals surface area contributed by atoms with Gasteiger partial charge in [0.05, 0.1) is 17.1 Å². The minimum atomic E-state index is -0.275. The monoisotopic (exact) mass is 352 g/mol. The quantitative estimate of drug-likeness (QED) is 0.627. The van der Waals surface area contributed by atoms with Gasteiger partial charge in [-0.15, -0.1) is 0 Å². The molecule has 0 amide bonds. The molecule has 0 spiro atoms. The van der Waals surface area contributed by atoms with Crippen molar-refractivity contribution in [1.29, 1.82) is 0 Å². The summed E-state index contributed by atoms with van der Waals surface area (Å²) < 4.78 is 9.52. The first-order valence-electron chi connectivity index (χ1n) is 9.12. The van der Waals surface area contributed by atoms with Crippen molar-refractivity contribution in [2.75, 3.05) is 0 Å². The Bertz CT molecular complexity index is 922. The summed E-state index contributed by atoms with van der Waals surface area (Å²) in [5, 5.41) is 0. The molecule has 138 valence electrons. The topological polar surface area (TPSA) is 36.2 Å². The largest absolute Gasteiger partial charge is 0.458 e. The maximum Gasteiger partial charge on any atom is 0.355 e. The fraction of sp³-hybridized carbons (Fsp3) is 0.409. The highest BCUT2D eigenvalue weighted by molar-refractivity contribution is 5.95. The minimum Gasteiger partial charge on any atom is -0.458 e. The van der Waals surface area contributed by atoms with Crippen molar-refractivity contribution < 1.29 is 9.53 Å². The lowest BCUT2D eigenvalue weighted by atomic mass is 9.87. The molecule has 2 heterocycles. The molecule has 0 fully saturated rings. The molecule has 3 aromatic rings. The van der Waals surface area contributed by atoms with Crippen molar-refractivity contribution in [1.82, 2.24) is 9.13 Å². The second-order valence-corrected chi connectivity index (χ2v) is 8.21. The second kappa shape index (κ2) is 6.67. The van der Waals surface area contributed by atoms with Gasteiger partial charge >= 0.3 is 5.97 Å². The van der Waals surface area contributed by atoms with Gasteiger partial charge < -0.3 is 13.9 Å². The molecule has 0 bridgehead atoms. The molecule has 0 saturated carbocycles. The second-order valence-electron chi connectivity index (χ2n) is 8.21. The maximum absolute atomic E-state index is 12.6. The van der Waals surface area contributed by atoms with E-state index in [1.54, 1.807) is 0 Å². The van der Waals surface area contributed by atoms with Gasteiger partial charge in [-0.1, -0.05) is 45.0 Å². The summed E-state index contributed by atoms with van der Waals surface area (Å²) >= 11 is 0. The van der Waals surface area contributed by atoms with Crippen LogP contribution in [0.3, 0.4) is 0 Å². The Hall–Kier alpha value is -2.49. The lowest BCUT2D eigenvalue weighted by molar-refractivity contribution is 0.0366. The molecule has 0 aliphatic rings. The number of hydrogen-bond acceptors (Lipinski definition) is 2. The Morgan fingerprint density at radius 2 is 1.73 bits per heavy atom. The number of benzene rings is 1. The van der Waals surface area contributed by atoms with E-state index in [0.29, 0.717) is 12.2 Å². The SMILES string of the molecule is CC(C)OC(=O)c1cc2c(ccn2C)n1Cc1ccc(C(C)(C)C)cc1. The summed E-state index contributed by atoms with van der Waals surface area (Å²) in [7, 11) is 1.99. The van der Waals surface area contributed by atoms with Crippen LogP contribution in [0.5, 0.6) is 0 Å². The number of esters is 1. The van der Waals surface area contributed by atoms with Gasteiger partial charge in [0.25, 0.3) is 0 Å². The number of rotatable bonds is 4. The molecule has 0 aliphatic carbocycles. The molecule has 4 heteroatoms. The van der Waals surface area contributed by atoms with Crippen LogP contribution in [-0.4, -0.2) is 21.2 Å². The van der Waals surface area contributed by atoms with E-state index in [1.807, 2.05) is 48.4 Å². The zero-order valence-electron chi connectivity index (χ0n) is 16.5. The normalized spacial score (nSPS) is 12.1. The number of carbonyl (C=O) groups excluding carboxylic acids is 1. The molecular weight excluding hydrogens is 324 g/mol. The van der Waals surface area contributed by atoms with Crippen molar-refractivity contribution >= 4 is 17.0 Å². The van der Waals surface area contributed by atoms with Gasteiger partial charge in [-0.3, -0.25) is 0 Å². The van der Waals surface area contributed by atoms with Crippen molar-refractivity contribution in [3.63, 3.8) is 0 Å². The summed E-state index contributed by atoms with van der Waals surface area (Å²) in [6.07, 6.45) is 1.88. The summed E-state index contributed by atoms with van der Waals surface area (Å²) in [6.45, 7) is 11.0. The lowest BCUT2D eigenvalue weighted by Crippen LogP contribution is -2.16. The third kappa shape index (κ3) is 3.55. The minimum absolute atomic E-state index is 0.130. The maximum atomic E-state index is 12.6. The van der Waals surface area contributed by atoms with Crippen LogP contribution in [0, 0.1) is 0 Å². The molecule has 4 nitrogen and oxygen atoms in total. The highest BCUT2D eigenvalue weighted by Gasteiger charge is 2.20. The Labute approximate surface area is 155 Å². The fourth-order valence-corrected chi connectivity index (χ4v) is 3.18. The molecule has 0 N–H and O–H groups in total. The molecular formula is C22H28N2O2. The van der Waals surface area contributed by atoms with Gasteiger partial charge in [-0.05, 0) is 42.5 Å². The highest BCUT2D eigenvalue weighted by atomic mass is 16.5. The van der Waals surface area contributed by atoms with Gasteiger partial charge in [-0.25, -0.2) is 4.79 Å². The molecule has 0 unspecified atom stereocenters. The highest BCUT2D eigenvalue weighted by Crippen LogP contribution is 2.25. The van der Waals surface area contributed by atoms with Crippen LogP contribution in [0.15, 0.2) is 42.6 Å². The van der Waals surface area contributed by atoms with E-state index in [2.05, 4.69) is 45.0 Å². The first kappa shape index (κ1) is 18.3. The van der Waals surface area contributed by atoms with Gasteiger partial charge in [0.15, 0.2) is 0 Å². The van der Waals surface area contributed by atoms with Gasteiger partial charge in [0, 0.05) is 19.8 Å². The van der Waals surface area contributed by atoms with Crippen LogP contribution < -0.4 is 0 Å². The molecule has 1 aromatic carbocycles. The van der Waals surface area contributed by atoms with Crippen LogP contribution in [0.1, 0.15) is 56.2 Å². The van der Waals surface area contributed by atoms with E-state index in [4.69, 9.17) is 4.74 Å². The summed E-state index contributed by atoms with van der Waals surface area (Å²) in [5.74, 6) is -0.275. The van der Waals surface area contributed by atoms with Crippen LogP contribution in [0.25, 0.3) is 11.0 Å². The predicted molar refractivity (Wildman–Crippen MR) is 106 cm³/mol. The smallest absolute Gasteiger partial charge is 0.355 e. The summed E-state index contributed by atoms with van der Waals surface area (Å²) in [5.41, 5.74) is 5.27. The van der Waals surface area contributed by atoms with Gasteiger partial charge in [-0.2, -0.15) is 0 Å². The van der Waals surface area contributed by atoms with Crippen LogP contribution in [0.2, 0.25) is 0 Å². The number of fused-ring (bicyclic) bond motifs is 1. The Morgan fingerprint density at radius 1 is 1.08 bits per heavy atom. The predicted octanol–water partition coefficient (Wildman–Crippen LogP) is 4.89. The van der Waals surface area contributed by atoms with E-state index in [0.717, 1.165) is 16.6 Å². The van der Waals surface area contributed by atoms with Gasteiger partial charge in [0.1, 0.15) is 5.69 Å². The third-order valence-corrected chi connectivity index (χ3v) is 4.67. The number of carbonyl (C=O) groups is 1. The zero-order valence-corrected chi connectivity index (χ0v) is 16.5. The summed E-state index contributed by atoms with van der Waals surface area (Å²) in [6, 6.07) is 12.6. The Kier molecular flexibility index (Phi) is 4.70. The van der Waals surface area contributed by atoms with E-state index in [9.17, 15) is 4.79 Å². The van der Waals surface area contributed by atoms with E-state index >= 15 is 0 Å². The standard InChI is InChI=1S/C22H28N2O2/c1-15(2)26-21(25)20-13-19-18(11-12-23(19)6)24(20)14-16-7-9-17(10-8-16)22(3,4)5/h7-13,15H,14H2,1-6H3. The van der Waals surface area contributed by atoms with E-state index < -0.39 is 0 Å². The Balaban J connectivity index is 1.99. The number of aromatic nitrogens is 2. The molecule has 0 atom stereocenters. The average molecular weight is 352 g/mol. The molecule has 0 radical (unpaired) electrons. The number of ether oxygens (including phenoxy) is 1. The zero-order chi connectivity index (χ0) is 19.1. The number of nitrogens with zero attached hydrogens (tertiary/aromatic N) is 2. The van der Waals surface area contributed by atoms with Crippen LogP contribution >= 0.6 is 0 Å². The summed E-state index contributed by atoms with van der Waals surface area (Å²) in [4.78, 5) is 12.6. The molecule has 26 heavy (non-hydrogen) atoms. The van der Waals surface area contributed by atoms with Gasteiger partial charge in [0.2, 0.25) is 0 Å². The molecule has 0 aliphatic heterocycles. The Morgan fingerprint density at radius 3 is 2.31 bits per heavy atom. The lowest BCUT2D eigenvalue weighted by Gasteiger charge is -2.19. The first-order valence-corrected chi connectivity index (χ1v) is 9.12. The third-order valence-electron chi connectivity index (χ3n) is 4.67. The van der Waals surface area contributed by atoms with Crippen molar-refractivity contribution in [3.8, 4) is 0 Å². The van der Waals surface area contributed by atoms with Crippen molar-refractivity contribution in [2.45, 2.75) is 52.7 Å².